The molecule has 0 spiro atoms. The standard InChI is InChI=1S/C15H18N4O2/c1-21-7-6-18-14-8-12(9-16-10-14)15(20)19-11-13-4-2-3-5-17-13/h2-5,8-10,18H,6-7,11H2,1H3,(H,19,20). The zero-order chi connectivity index (χ0) is 14.9. The monoisotopic (exact) mass is 286 g/mol. The van der Waals surface area contributed by atoms with Crippen molar-refractivity contribution in [3.63, 3.8) is 0 Å². The summed E-state index contributed by atoms with van der Waals surface area (Å²) in [5.41, 5.74) is 2.11. The fraction of sp³-hybridized carbons (Fsp3) is 0.267. The van der Waals surface area contributed by atoms with E-state index in [0.29, 0.717) is 25.3 Å². The van der Waals surface area contributed by atoms with Crippen molar-refractivity contribution in [2.75, 3.05) is 25.6 Å². The second-order valence-corrected chi connectivity index (χ2v) is 4.39. The summed E-state index contributed by atoms with van der Waals surface area (Å²) in [7, 11) is 1.64. The first-order valence-electron chi connectivity index (χ1n) is 6.65. The van der Waals surface area contributed by atoms with E-state index in [1.807, 2.05) is 18.2 Å². The summed E-state index contributed by atoms with van der Waals surface area (Å²) in [5.74, 6) is -0.177. The molecule has 2 aromatic heterocycles. The minimum absolute atomic E-state index is 0.177. The van der Waals surface area contributed by atoms with Crippen LogP contribution in [0, 0.1) is 0 Å². The number of aromatic nitrogens is 2. The molecule has 0 aliphatic heterocycles. The number of carbonyl (C=O) groups is 1. The van der Waals surface area contributed by atoms with Crippen LogP contribution in [0.4, 0.5) is 5.69 Å². The molecule has 0 aromatic carbocycles. The molecule has 21 heavy (non-hydrogen) atoms. The topological polar surface area (TPSA) is 76.1 Å². The maximum atomic E-state index is 12.1. The number of hydrogen-bond acceptors (Lipinski definition) is 5. The van der Waals surface area contributed by atoms with E-state index in [2.05, 4.69) is 20.6 Å². The number of hydrogen-bond donors (Lipinski definition) is 2. The zero-order valence-corrected chi connectivity index (χ0v) is 11.9. The van der Waals surface area contributed by atoms with E-state index in [0.717, 1.165) is 11.4 Å². The van der Waals surface area contributed by atoms with Gasteiger partial charge in [-0.1, -0.05) is 6.07 Å². The Bertz CT molecular complexity index is 575. The normalized spacial score (nSPS) is 10.1. The van der Waals surface area contributed by atoms with Gasteiger partial charge < -0.3 is 15.4 Å². The largest absolute Gasteiger partial charge is 0.383 e. The molecular formula is C15H18N4O2. The van der Waals surface area contributed by atoms with Crippen LogP contribution in [-0.4, -0.2) is 36.1 Å². The first-order valence-corrected chi connectivity index (χ1v) is 6.65. The molecule has 0 aliphatic rings. The third-order valence-electron chi connectivity index (χ3n) is 2.79. The number of rotatable bonds is 7. The number of amides is 1. The average Bonchev–Trinajstić information content (AvgIpc) is 2.54. The fourth-order valence-electron chi connectivity index (χ4n) is 1.73. The summed E-state index contributed by atoms with van der Waals surface area (Å²) in [4.78, 5) is 20.3. The van der Waals surface area contributed by atoms with E-state index < -0.39 is 0 Å². The van der Waals surface area contributed by atoms with Crippen molar-refractivity contribution in [2.24, 2.45) is 0 Å². The van der Waals surface area contributed by atoms with Gasteiger partial charge in [-0.3, -0.25) is 14.8 Å². The van der Waals surface area contributed by atoms with Crippen molar-refractivity contribution in [3.05, 3.63) is 54.1 Å². The Morgan fingerprint density at radius 2 is 2.24 bits per heavy atom. The van der Waals surface area contributed by atoms with Gasteiger partial charge >= 0.3 is 0 Å². The van der Waals surface area contributed by atoms with Crippen molar-refractivity contribution in [1.29, 1.82) is 0 Å². The van der Waals surface area contributed by atoms with Crippen LogP contribution >= 0.6 is 0 Å². The molecule has 0 saturated carbocycles. The Morgan fingerprint density at radius 1 is 1.33 bits per heavy atom. The van der Waals surface area contributed by atoms with E-state index in [1.165, 1.54) is 6.20 Å². The van der Waals surface area contributed by atoms with Gasteiger partial charge in [0.1, 0.15) is 0 Å². The van der Waals surface area contributed by atoms with Crippen LogP contribution in [0.15, 0.2) is 42.9 Å². The van der Waals surface area contributed by atoms with Crippen LogP contribution in [0.1, 0.15) is 16.1 Å². The number of nitrogens with one attached hydrogen (secondary N) is 2. The zero-order valence-electron chi connectivity index (χ0n) is 11.9. The van der Waals surface area contributed by atoms with Crippen molar-refractivity contribution in [3.8, 4) is 0 Å². The number of nitrogens with zero attached hydrogens (tertiary/aromatic N) is 2. The highest BCUT2D eigenvalue weighted by Crippen LogP contribution is 2.08. The van der Waals surface area contributed by atoms with E-state index in [-0.39, 0.29) is 5.91 Å². The van der Waals surface area contributed by atoms with E-state index >= 15 is 0 Å². The van der Waals surface area contributed by atoms with Gasteiger partial charge in [-0.15, -0.1) is 0 Å². The van der Waals surface area contributed by atoms with Gasteiger partial charge in [0.2, 0.25) is 0 Å². The summed E-state index contributed by atoms with van der Waals surface area (Å²) >= 11 is 0. The molecule has 0 radical (unpaired) electrons. The lowest BCUT2D eigenvalue weighted by atomic mass is 10.2. The van der Waals surface area contributed by atoms with Crippen molar-refractivity contribution < 1.29 is 9.53 Å². The minimum atomic E-state index is -0.177. The van der Waals surface area contributed by atoms with Crippen LogP contribution in [0.5, 0.6) is 0 Å². The highest BCUT2D eigenvalue weighted by molar-refractivity contribution is 5.94. The molecule has 110 valence electrons. The Labute approximate surface area is 123 Å². The molecular weight excluding hydrogens is 268 g/mol. The predicted octanol–water partition coefficient (Wildman–Crippen LogP) is 1.46. The van der Waals surface area contributed by atoms with Crippen molar-refractivity contribution >= 4 is 11.6 Å². The SMILES string of the molecule is COCCNc1cncc(C(=O)NCc2ccccn2)c1. The number of ether oxygens (including phenoxy) is 1. The van der Waals surface area contributed by atoms with Gasteiger partial charge in [-0.25, -0.2) is 0 Å². The maximum Gasteiger partial charge on any atom is 0.253 e. The third-order valence-corrected chi connectivity index (χ3v) is 2.79. The van der Waals surface area contributed by atoms with E-state index in [4.69, 9.17) is 4.74 Å². The van der Waals surface area contributed by atoms with Crippen LogP contribution in [0.2, 0.25) is 0 Å². The molecule has 6 heteroatoms. The Hall–Kier alpha value is -2.47. The van der Waals surface area contributed by atoms with Gasteiger partial charge in [0.05, 0.1) is 30.1 Å². The summed E-state index contributed by atoms with van der Waals surface area (Å²) in [5, 5.41) is 5.95. The quantitative estimate of drug-likeness (QED) is 0.754. The second kappa shape index (κ2) is 7.96. The van der Waals surface area contributed by atoms with Gasteiger partial charge in [-0.2, -0.15) is 0 Å². The molecule has 2 aromatic rings. The van der Waals surface area contributed by atoms with Gasteiger partial charge in [-0.05, 0) is 18.2 Å². The van der Waals surface area contributed by atoms with Crippen LogP contribution < -0.4 is 10.6 Å². The summed E-state index contributed by atoms with van der Waals surface area (Å²) in [6.07, 6.45) is 4.91. The van der Waals surface area contributed by atoms with Crippen LogP contribution in [0.3, 0.4) is 0 Å². The Morgan fingerprint density at radius 3 is 3.00 bits per heavy atom. The Kier molecular flexibility index (Phi) is 5.66. The number of methoxy groups -OCH3 is 1. The lowest BCUT2D eigenvalue weighted by molar-refractivity contribution is 0.0950. The fourth-order valence-corrected chi connectivity index (χ4v) is 1.73. The molecule has 1 amide bonds. The molecule has 2 heterocycles. The first kappa shape index (κ1) is 14.9. The third kappa shape index (κ3) is 4.85. The molecule has 2 N–H and O–H groups in total. The maximum absolute atomic E-state index is 12.1. The highest BCUT2D eigenvalue weighted by Gasteiger charge is 2.07. The average molecular weight is 286 g/mol. The van der Waals surface area contributed by atoms with Crippen molar-refractivity contribution in [1.82, 2.24) is 15.3 Å². The molecule has 0 bridgehead atoms. The minimum Gasteiger partial charge on any atom is -0.383 e. The molecule has 0 saturated heterocycles. The van der Waals surface area contributed by atoms with Gasteiger partial charge in [0.25, 0.3) is 5.91 Å². The van der Waals surface area contributed by atoms with Crippen LogP contribution in [0.25, 0.3) is 0 Å². The molecule has 0 fully saturated rings. The van der Waals surface area contributed by atoms with Crippen molar-refractivity contribution in [2.45, 2.75) is 6.54 Å². The molecule has 0 atom stereocenters. The Balaban J connectivity index is 1.91. The van der Waals surface area contributed by atoms with E-state index in [1.54, 1.807) is 25.6 Å². The first-order chi connectivity index (χ1) is 10.3. The lowest BCUT2D eigenvalue weighted by Crippen LogP contribution is -2.23. The molecule has 0 aliphatic carbocycles. The smallest absolute Gasteiger partial charge is 0.253 e. The molecule has 0 unspecified atom stereocenters. The predicted molar refractivity (Wildman–Crippen MR) is 80.0 cm³/mol. The highest BCUT2D eigenvalue weighted by atomic mass is 16.5. The van der Waals surface area contributed by atoms with Crippen LogP contribution in [-0.2, 0) is 11.3 Å². The van der Waals surface area contributed by atoms with Gasteiger partial charge in [0, 0.05) is 32.2 Å². The second-order valence-electron chi connectivity index (χ2n) is 4.39. The van der Waals surface area contributed by atoms with Gasteiger partial charge in [0.15, 0.2) is 0 Å². The summed E-state index contributed by atoms with van der Waals surface area (Å²) < 4.78 is 4.96. The summed E-state index contributed by atoms with van der Waals surface area (Å²) in [6.45, 7) is 1.65. The lowest BCUT2D eigenvalue weighted by Gasteiger charge is -2.08. The number of carbonyl (C=O) groups excluding carboxylic acids is 1. The summed E-state index contributed by atoms with van der Waals surface area (Å²) in [6, 6.07) is 7.35. The molecule has 2 rings (SSSR count). The molecule has 6 nitrogen and oxygen atoms in total. The van der Waals surface area contributed by atoms with E-state index in [9.17, 15) is 4.79 Å². The number of pyridine rings is 2. The number of anilines is 1.